The van der Waals surface area contributed by atoms with Crippen LogP contribution in [0.1, 0.15) is 18.2 Å². The molecule has 0 unspecified atom stereocenters. The van der Waals surface area contributed by atoms with Gasteiger partial charge in [0.2, 0.25) is 0 Å². The van der Waals surface area contributed by atoms with Gasteiger partial charge in [0.25, 0.3) is 0 Å². The summed E-state index contributed by atoms with van der Waals surface area (Å²) in [5.74, 6) is -0.369. The third-order valence-corrected chi connectivity index (χ3v) is 3.19. The summed E-state index contributed by atoms with van der Waals surface area (Å²) < 4.78 is 4.73. The highest BCUT2D eigenvalue weighted by molar-refractivity contribution is 5.92. The van der Waals surface area contributed by atoms with E-state index in [9.17, 15) is 4.79 Å². The Labute approximate surface area is 124 Å². The number of pyridine rings is 1. The van der Waals surface area contributed by atoms with E-state index in [0.717, 1.165) is 22.5 Å². The van der Waals surface area contributed by atoms with Crippen molar-refractivity contribution in [2.75, 3.05) is 7.11 Å². The van der Waals surface area contributed by atoms with Crippen LogP contribution in [0.2, 0.25) is 0 Å². The van der Waals surface area contributed by atoms with Crippen molar-refractivity contribution in [3.63, 3.8) is 0 Å². The Morgan fingerprint density at radius 1 is 1.38 bits per heavy atom. The van der Waals surface area contributed by atoms with E-state index in [1.54, 1.807) is 23.3 Å². The molecular weight excluding hydrogens is 264 g/mol. The molecule has 108 valence electrons. The molecule has 1 aliphatic heterocycles. The van der Waals surface area contributed by atoms with Crippen LogP contribution in [0.3, 0.4) is 0 Å². The number of allylic oxidation sites excluding steroid dienone is 2. The Balaban J connectivity index is 2.27. The number of methoxy groups -OCH3 is 1. The largest absolute Gasteiger partial charge is 0.465 e. The number of hydrogen-bond donors (Lipinski definition) is 0. The van der Waals surface area contributed by atoms with Crippen LogP contribution in [0.25, 0.3) is 5.57 Å². The summed E-state index contributed by atoms with van der Waals surface area (Å²) in [6.07, 6.45) is 8.93. The molecule has 0 aliphatic carbocycles. The monoisotopic (exact) mass is 282 g/mol. The highest BCUT2D eigenvalue weighted by Crippen LogP contribution is 2.21. The lowest BCUT2D eigenvalue weighted by atomic mass is 10.1. The molecule has 0 bridgehead atoms. The van der Waals surface area contributed by atoms with Crippen LogP contribution in [0, 0.1) is 6.92 Å². The maximum absolute atomic E-state index is 11.6. The fourth-order valence-corrected chi connectivity index (χ4v) is 1.89. The first-order valence-corrected chi connectivity index (χ1v) is 6.58. The molecule has 0 fully saturated rings. The average Bonchev–Trinajstić information content (AvgIpc) is 2.49. The zero-order valence-electron chi connectivity index (χ0n) is 12.5. The number of aromatic nitrogens is 1. The summed E-state index contributed by atoms with van der Waals surface area (Å²) in [4.78, 5) is 17.7. The van der Waals surface area contributed by atoms with E-state index in [0.29, 0.717) is 5.57 Å². The Morgan fingerprint density at radius 3 is 2.76 bits per heavy atom. The second-order valence-corrected chi connectivity index (χ2v) is 4.81. The van der Waals surface area contributed by atoms with Crippen molar-refractivity contribution in [1.82, 2.24) is 9.88 Å². The third-order valence-electron chi connectivity index (χ3n) is 3.19. The van der Waals surface area contributed by atoms with Gasteiger partial charge in [-0.15, -0.1) is 0 Å². The van der Waals surface area contributed by atoms with Gasteiger partial charge in [0.1, 0.15) is 0 Å². The molecule has 4 heteroatoms. The Morgan fingerprint density at radius 2 is 2.14 bits per heavy atom. The van der Waals surface area contributed by atoms with Crippen molar-refractivity contribution in [3.05, 3.63) is 72.0 Å². The molecule has 2 heterocycles. The van der Waals surface area contributed by atoms with Crippen LogP contribution in [-0.2, 0) is 9.53 Å². The van der Waals surface area contributed by atoms with E-state index < -0.39 is 0 Å². The van der Waals surface area contributed by atoms with Crippen molar-refractivity contribution in [2.45, 2.75) is 13.8 Å². The first-order valence-electron chi connectivity index (χ1n) is 6.58. The highest BCUT2D eigenvalue weighted by atomic mass is 16.5. The van der Waals surface area contributed by atoms with E-state index in [1.807, 2.05) is 38.4 Å². The van der Waals surface area contributed by atoms with Crippen molar-refractivity contribution in [3.8, 4) is 0 Å². The molecule has 0 saturated heterocycles. The summed E-state index contributed by atoms with van der Waals surface area (Å²) in [5.41, 5.74) is 4.29. The van der Waals surface area contributed by atoms with Gasteiger partial charge in [0.15, 0.2) is 0 Å². The molecule has 4 nitrogen and oxygen atoms in total. The zero-order valence-corrected chi connectivity index (χ0v) is 12.5. The molecule has 1 aromatic rings. The minimum atomic E-state index is -0.369. The highest BCUT2D eigenvalue weighted by Gasteiger charge is 2.13. The summed E-state index contributed by atoms with van der Waals surface area (Å²) in [5, 5.41) is 0. The third kappa shape index (κ3) is 3.48. The number of carbonyl (C=O) groups excluding carboxylic acids is 1. The zero-order chi connectivity index (χ0) is 15.4. The van der Waals surface area contributed by atoms with Gasteiger partial charge < -0.3 is 9.64 Å². The smallest absolute Gasteiger partial charge is 0.339 e. The number of aryl methyl sites for hydroxylation is 1. The molecule has 0 radical (unpaired) electrons. The van der Waals surface area contributed by atoms with Crippen LogP contribution < -0.4 is 0 Å². The Kier molecular flexibility index (Phi) is 4.38. The predicted molar refractivity (Wildman–Crippen MR) is 82.8 cm³/mol. The van der Waals surface area contributed by atoms with Gasteiger partial charge in [-0.05, 0) is 43.2 Å². The van der Waals surface area contributed by atoms with Crippen molar-refractivity contribution in [1.29, 1.82) is 0 Å². The second kappa shape index (κ2) is 6.22. The predicted octanol–water partition coefficient (Wildman–Crippen LogP) is 3.19. The van der Waals surface area contributed by atoms with Crippen molar-refractivity contribution in [2.24, 2.45) is 0 Å². The van der Waals surface area contributed by atoms with Crippen molar-refractivity contribution < 1.29 is 9.53 Å². The normalized spacial score (nSPS) is 15.0. The lowest BCUT2D eigenvalue weighted by Gasteiger charge is -2.21. The van der Waals surface area contributed by atoms with Gasteiger partial charge in [-0.3, -0.25) is 4.98 Å². The van der Waals surface area contributed by atoms with E-state index in [1.165, 1.54) is 7.11 Å². The molecule has 0 saturated carbocycles. The number of hydrogen-bond acceptors (Lipinski definition) is 4. The van der Waals surface area contributed by atoms with Crippen LogP contribution in [0.4, 0.5) is 0 Å². The summed E-state index contributed by atoms with van der Waals surface area (Å²) in [7, 11) is 1.36. The molecule has 0 spiro atoms. The molecule has 21 heavy (non-hydrogen) atoms. The van der Waals surface area contributed by atoms with E-state index in [2.05, 4.69) is 11.6 Å². The maximum atomic E-state index is 11.6. The number of esters is 1. The second-order valence-electron chi connectivity index (χ2n) is 4.81. The Bertz CT molecular complexity index is 652. The molecule has 0 N–H and O–H groups in total. The fraction of sp³-hybridized carbons (Fsp3) is 0.176. The van der Waals surface area contributed by atoms with Crippen LogP contribution >= 0.6 is 0 Å². The lowest BCUT2D eigenvalue weighted by molar-refractivity contribution is -0.135. The van der Waals surface area contributed by atoms with Crippen LogP contribution in [-0.4, -0.2) is 23.0 Å². The molecule has 1 aromatic heterocycles. The average molecular weight is 282 g/mol. The first kappa shape index (κ1) is 14.8. The number of carbonyl (C=O) groups is 1. The van der Waals surface area contributed by atoms with Crippen LogP contribution in [0.5, 0.6) is 0 Å². The topological polar surface area (TPSA) is 42.4 Å². The van der Waals surface area contributed by atoms with E-state index >= 15 is 0 Å². The fourth-order valence-electron chi connectivity index (χ4n) is 1.89. The molecule has 0 atom stereocenters. The minimum absolute atomic E-state index is 0.369. The quantitative estimate of drug-likeness (QED) is 0.798. The molecule has 2 rings (SSSR count). The van der Waals surface area contributed by atoms with Gasteiger partial charge in [0.05, 0.1) is 12.7 Å². The SMILES string of the molecule is C=C1C=CC(C(=O)OC)=CN1/C=C(\C)c1ccc(C)nc1. The first-order chi connectivity index (χ1) is 10.0. The minimum Gasteiger partial charge on any atom is -0.465 e. The number of rotatable bonds is 3. The maximum Gasteiger partial charge on any atom is 0.339 e. The molecule has 0 aromatic carbocycles. The van der Waals surface area contributed by atoms with Crippen molar-refractivity contribution >= 4 is 11.5 Å². The van der Waals surface area contributed by atoms with Gasteiger partial charge in [-0.1, -0.05) is 12.6 Å². The van der Waals surface area contributed by atoms with Gasteiger partial charge in [-0.25, -0.2) is 4.79 Å². The van der Waals surface area contributed by atoms with E-state index in [-0.39, 0.29) is 5.97 Å². The standard InChI is InChI=1S/C17H18N2O2/c1-12(15-7-5-13(2)18-9-15)10-19-11-16(17(20)21-4)8-6-14(19)3/h5-11H,3H2,1-2,4H3/b12-10+. The van der Waals surface area contributed by atoms with Gasteiger partial charge in [0, 0.05) is 30.0 Å². The summed E-state index contributed by atoms with van der Waals surface area (Å²) in [6.45, 7) is 7.90. The number of ether oxygens (including phenoxy) is 1. The van der Waals surface area contributed by atoms with Gasteiger partial charge in [-0.2, -0.15) is 0 Å². The molecule has 1 aliphatic rings. The summed E-state index contributed by atoms with van der Waals surface area (Å²) in [6, 6.07) is 3.98. The van der Waals surface area contributed by atoms with Crippen LogP contribution in [0.15, 0.2) is 60.7 Å². The molecular formula is C17H18N2O2. The Hall–Kier alpha value is -2.62. The molecule has 0 amide bonds. The lowest BCUT2D eigenvalue weighted by Crippen LogP contribution is -2.15. The van der Waals surface area contributed by atoms with E-state index in [4.69, 9.17) is 4.74 Å². The number of nitrogens with zero attached hydrogens (tertiary/aromatic N) is 2. The van der Waals surface area contributed by atoms with Gasteiger partial charge >= 0.3 is 5.97 Å². The summed E-state index contributed by atoms with van der Waals surface area (Å²) >= 11 is 0.